The van der Waals surface area contributed by atoms with Gasteiger partial charge in [0, 0.05) is 6.54 Å². The average molecular weight is 338 g/mol. The summed E-state index contributed by atoms with van der Waals surface area (Å²) in [4.78, 5) is 19.6. The number of rotatable bonds is 4. The number of nitrogens with zero attached hydrogens (tertiary/aromatic N) is 2. The first-order chi connectivity index (χ1) is 11.7. The molecule has 1 aliphatic heterocycles. The number of para-hydroxylation sites is 1. The van der Waals surface area contributed by atoms with Crippen molar-refractivity contribution >= 4 is 34.6 Å². The van der Waals surface area contributed by atoms with Gasteiger partial charge in [0.25, 0.3) is 5.91 Å². The molecule has 3 rings (SSSR count). The predicted molar refractivity (Wildman–Crippen MR) is 99.2 cm³/mol. The molecule has 4 nitrogen and oxygen atoms in total. The fourth-order valence-corrected chi connectivity index (χ4v) is 3.42. The fraction of sp³-hybridized carbons (Fsp3) is 0.158. The van der Waals surface area contributed by atoms with E-state index in [0.717, 1.165) is 17.7 Å². The molecule has 0 unspecified atom stereocenters. The van der Waals surface area contributed by atoms with E-state index in [4.69, 9.17) is 0 Å². The van der Waals surface area contributed by atoms with Gasteiger partial charge in [0.2, 0.25) is 0 Å². The van der Waals surface area contributed by atoms with Crippen molar-refractivity contribution in [3.05, 3.63) is 65.1 Å². The Bertz CT molecular complexity index is 800. The molecular formula is C19H18N2O2S. The molecular weight excluding hydrogens is 320 g/mol. The molecule has 1 fully saturated rings. The Morgan fingerprint density at radius 1 is 1.17 bits per heavy atom. The lowest BCUT2D eigenvalue weighted by Gasteiger charge is -2.13. The van der Waals surface area contributed by atoms with Crippen LogP contribution in [0.15, 0.2) is 64.5 Å². The third-order valence-electron chi connectivity index (χ3n) is 3.48. The molecule has 1 heterocycles. The van der Waals surface area contributed by atoms with Crippen molar-refractivity contribution in [1.29, 1.82) is 0 Å². The van der Waals surface area contributed by atoms with Crippen LogP contribution in [0, 0.1) is 0 Å². The highest BCUT2D eigenvalue weighted by atomic mass is 32.2. The van der Waals surface area contributed by atoms with E-state index in [9.17, 15) is 9.90 Å². The molecule has 0 radical (unpaired) electrons. The van der Waals surface area contributed by atoms with Crippen molar-refractivity contribution in [3.63, 3.8) is 0 Å². The number of thioether (sulfide) groups is 1. The number of carbonyl (C=O) groups is 1. The lowest BCUT2D eigenvalue weighted by atomic mass is 10.2. The minimum absolute atomic E-state index is 0.0418. The monoisotopic (exact) mass is 338 g/mol. The number of carbonyl (C=O) groups excluding carboxylic acids is 1. The quantitative estimate of drug-likeness (QED) is 0.840. The molecule has 0 atom stereocenters. The van der Waals surface area contributed by atoms with Gasteiger partial charge in [0.15, 0.2) is 5.17 Å². The van der Waals surface area contributed by atoms with Gasteiger partial charge in [-0.25, -0.2) is 4.99 Å². The third kappa shape index (κ3) is 3.68. The van der Waals surface area contributed by atoms with Crippen LogP contribution >= 0.6 is 11.8 Å². The summed E-state index contributed by atoms with van der Waals surface area (Å²) in [5.74, 6) is 0.142. The summed E-state index contributed by atoms with van der Waals surface area (Å²) >= 11 is 1.37. The first kappa shape index (κ1) is 16.3. The van der Waals surface area contributed by atoms with Crippen molar-refractivity contribution in [3.8, 4) is 5.75 Å². The van der Waals surface area contributed by atoms with Crippen LogP contribution in [0.25, 0.3) is 6.08 Å². The topological polar surface area (TPSA) is 52.9 Å². The van der Waals surface area contributed by atoms with Gasteiger partial charge in [0.05, 0.1) is 10.6 Å². The Morgan fingerprint density at radius 3 is 2.67 bits per heavy atom. The van der Waals surface area contributed by atoms with Crippen LogP contribution in [0.3, 0.4) is 0 Å². The van der Waals surface area contributed by atoms with Crippen molar-refractivity contribution in [1.82, 2.24) is 4.90 Å². The summed E-state index contributed by atoms with van der Waals surface area (Å²) in [5.41, 5.74) is 1.62. The summed E-state index contributed by atoms with van der Waals surface area (Å²) in [6, 6.07) is 16.5. The number of aliphatic imine (C=N–C) groups is 1. The third-order valence-corrected chi connectivity index (χ3v) is 4.49. The van der Waals surface area contributed by atoms with Gasteiger partial charge < -0.3 is 5.11 Å². The lowest BCUT2D eigenvalue weighted by Crippen LogP contribution is -2.29. The maximum atomic E-state index is 12.7. The minimum Gasteiger partial charge on any atom is -0.508 e. The number of hydrogen-bond donors (Lipinski definition) is 1. The molecule has 24 heavy (non-hydrogen) atoms. The number of phenols is 1. The molecule has 1 N–H and O–H groups in total. The highest BCUT2D eigenvalue weighted by Gasteiger charge is 2.32. The molecule has 0 aliphatic carbocycles. The minimum atomic E-state index is -0.0418. The molecule has 122 valence electrons. The summed E-state index contributed by atoms with van der Waals surface area (Å²) in [6.07, 6.45) is 2.66. The van der Waals surface area contributed by atoms with Gasteiger partial charge in [-0.05, 0) is 54.1 Å². The smallest absolute Gasteiger partial charge is 0.266 e. The van der Waals surface area contributed by atoms with Crippen molar-refractivity contribution in [2.24, 2.45) is 4.99 Å². The number of amides is 1. The van der Waals surface area contributed by atoms with E-state index in [0.29, 0.717) is 16.6 Å². The summed E-state index contributed by atoms with van der Waals surface area (Å²) in [6.45, 7) is 2.67. The van der Waals surface area contributed by atoms with Crippen LogP contribution in [0.4, 0.5) is 5.69 Å². The van der Waals surface area contributed by atoms with Gasteiger partial charge in [-0.3, -0.25) is 9.69 Å². The van der Waals surface area contributed by atoms with Crippen LogP contribution < -0.4 is 0 Å². The van der Waals surface area contributed by atoms with Crippen molar-refractivity contribution in [2.45, 2.75) is 13.3 Å². The average Bonchev–Trinajstić information content (AvgIpc) is 2.85. The first-order valence-electron chi connectivity index (χ1n) is 7.81. The summed E-state index contributed by atoms with van der Waals surface area (Å²) in [5, 5.41) is 10.3. The Labute approximate surface area is 145 Å². The van der Waals surface area contributed by atoms with E-state index in [1.165, 1.54) is 11.8 Å². The van der Waals surface area contributed by atoms with Crippen LogP contribution in [0.2, 0.25) is 0 Å². The van der Waals surface area contributed by atoms with E-state index in [-0.39, 0.29) is 11.7 Å². The zero-order chi connectivity index (χ0) is 16.9. The highest BCUT2D eigenvalue weighted by Crippen LogP contribution is 2.34. The second-order valence-electron chi connectivity index (χ2n) is 5.39. The molecule has 2 aromatic carbocycles. The Balaban J connectivity index is 1.94. The van der Waals surface area contributed by atoms with Crippen LogP contribution in [0.1, 0.15) is 18.9 Å². The number of hydrogen-bond acceptors (Lipinski definition) is 4. The predicted octanol–water partition coefficient (Wildman–Crippen LogP) is 4.41. The second-order valence-corrected chi connectivity index (χ2v) is 6.40. The van der Waals surface area contributed by atoms with E-state index in [1.54, 1.807) is 29.2 Å². The number of phenolic OH excluding ortho intramolecular Hbond substituents is 1. The molecule has 0 spiro atoms. The Morgan fingerprint density at radius 2 is 1.96 bits per heavy atom. The Hall–Kier alpha value is -2.53. The molecule has 1 aliphatic rings. The molecule has 5 heteroatoms. The van der Waals surface area contributed by atoms with Gasteiger partial charge in [0.1, 0.15) is 5.75 Å². The van der Waals surface area contributed by atoms with Crippen molar-refractivity contribution < 1.29 is 9.90 Å². The second kappa shape index (κ2) is 7.36. The van der Waals surface area contributed by atoms with Crippen molar-refractivity contribution in [2.75, 3.05) is 6.54 Å². The van der Waals surface area contributed by atoms with Crippen LogP contribution in [-0.4, -0.2) is 27.6 Å². The zero-order valence-corrected chi connectivity index (χ0v) is 14.2. The first-order valence-corrected chi connectivity index (χ1v) is 8.63. The summed E-state index contributed by atoms with van der Waals surface area (Å²) in [7, 11) is 0. The van der Waals surface area contributed by atoms with Gasteiger partial charge in [-0.15, -0.1) is 0 Å². The summed E-state index contributed by atoms with van der Waals surface area (Å²) < 4.78 is 0. The van der Waals surface area contributed by atoms with Gasteiger partial charge in [-0.1, -0.05) is 37.3 Å². The van der Waals surface area contributed by atoms with E-state index in [1.807, 2.05) is 43.3 Å². The Kier molecular flexibility index (Phi) is 5.01. The molecule has 0 aromatic heterocycles. The molecule has 0 saturated carbocycles. The van der Waals surface area contributed by atoms with Crippen LogP contribution in [-0.2, 0) is 4.79 Å². The zero-order valence-electron chi connectivity index (χ0n) is 13.3. The molecule has 0 bridgehead atoms. The fourth-order valence-electron chi connectivity index (χ4n) is 2.39. The van der Waals surface area contributed by atoms with Gasteiger partial charge in [-0.2, -0.15) is 0 Å². The van der Waals surface area contributed by atoms with E-state index >= 15 is 0 Å². The SMILES string of the molecule is CCCN1C(=O)/C(=C\c2cccc(O)c2)SC1=Nc1ccccc1. The van der Waals surface area contributed by atoms with Gasteiger partial charge >= 0.3 is 0 Å². The largest absolute Gasteiger partial charge is 0.508 e. The number of aromatic hydroxyl groups is 1. The normalized spacial score (nSPS) is 17.9. The number of benzene rings is 2. The molecule has 1 saturated heterocycles. The number of amidine groups is 1. The molecule has 1 amide bonds. The maximum Gasteiger partial charge on any atom is 0.266 e. The standard InChI is InChI=1S/C19H18N2O2S/c1-2-11-21-18(23)17(13-14-7-6-10-16(22)12-14)24-19(21)20-15-8-4-3-5-9-15/h3-10,12-13,22H,2,11H2,1H3/b17-13+,20-19?. The van der Waals surface area contributed by atoms with E-state index < -0.39 is 0 Å². The van der Waals surface area contributed by atoms with E-state index in [2.05, 4.69) is 4.99 Å². The molecule has 2 aromatic rings. The maximum absolute atomic E-state index is 12.7. The van der Waals surface area contributed by atoms with Crippen LogP contribution in [0.5, 0.6) is 5.75 Å². The highest BCUT2D eigenvalue weighted by molar-refractivity contribution is 8.18. The lowest BCUT2D eigenvalue weighted by molar-refractivity contribution is -0.122.